The van der Waals surface area contributed by atoms with E-state index >= 15 is 0 Å². The minimum absolute atomic E-state index is 0.0749. The summed E-state index contributed by atoms with van der Waals surface area (Å²) in [5.41, 5.74) is 3.05. The van der Waals surface area contributed by atoms with Crippen LogP contribution in [-0.4, -0.2) is 24.9 Å². The third kappa shape index (κ3) is 2.51. The molecule has 3 heteroatoms. The van der Waals surface area contributed by atoms with Crippen molar-refractivity contribution in [2.24, 2.45) is 0 Å². The number of nitrogens with zero attached hydrogens (tertiary/aromatic N) is 1. The molecule has 0 bridgehead atoms. The van der Waals surface area contributed by atoms with Gasteiger partial charge in [-0.25, -0.2) is 0 Å². The minimum Gasteiger partial charge on any atom is -0.347 e. The summed E-state index contributed by atoms with van der Waals surface area (Å²) in [4.78, 5) is 13.3. The fourth-order valence-corrected chi connectivity index (χ4v) is 2.12. The highest BCUT2D eigenvalue weighted by Crippen LogP contribution is 2.28. The molecule has 1 amide bonds. The van der Waals surface area contributed by atoms with Gasteiger partial charge in [-0.1, -0.05) is 18.2 Å². The monoisotopic (exact) mass is 225 g/mol. The van der Waals surface area contributed by atoms with E-state index in [9.17, 15) is 4.79 Å². The van der Waals surface area contributed by atoms with E-state index in [4.69, 9.17) is 11.6 Å². The maximum atomic E-state index is 11.7. The Balaban J connectivity index is 3.11. The van der Waals surface area contributed by atoms with Gasteiger partial charge in [-0.05, 0) is 30.5 Å². The number of likely N-dealkylation sites (N-methyl/N-ethyl adjacent to an activating group) is 1. The van der Waals surface area contributed by atoms with Crippen LogP contribution in [0.25, 0.3) is 0 Å². The number of hydrogen-bond acceptors (Lipinski definition) is 1. The number of rotatable bonds is 2. The first kappa shape index (κ1) is 12.1. The molecule has 1 aromatic carbocycles. The van der Waals surface area contributed by atoms with Crippen LogP contribution < -0.4 is 0 Å². The number of aryl methyl sites for hydroxylation is 2. The molecular weight excluding hydrogens is 210 g/mol. The Hall–Kier alpha value is -1.02. The van der Waals surface area contributed by atoms with Gasteiger partial charge in [-0.3, -0.25) is 4.79 Å². The molecule has 0 heterocycles. The minimum atomic E-state index is -0.582. The van der Waals surface area contributed by atoms with Gasteiger partial charge < -0.3 is 4.90 Å². The van der Waals surface area contributed by atoms with Gasteiger partial charge in [0, 0.05) is 14.1 Å². The average Bonchev–Trinajstić information content (AvgIpc) is 2.15. The molecule has 1 atom stereocenters. The number of alkyl halides is 1. The molecule has 1 unspecified atom stereocenters. The third-order valence-electron chi connectivity index (χ3n) is 2.45. The van der Waals surface area contributed by atoms with E-state index in [1.807, 2.05) is 32.0 Å². The van der Waals surface area contributed by atoms with Gasteiger partial charge >= 0.3 is 0 Å². The van der Waals surface area contributed by atoms with Gasteiger partial charge in [-0.15, -0.1) is 11.6 Å². The Morgan fingerprint density at radius 2 is 1.73 bits per heavy atom. The van der Waals surface area contributed by atoms with Crippen molar-refractivity contribution in [3.05, 3.63) is 34.9 Å². The highest BCUT2D eigenvalue weighted by molar-refractivity contribution is 6.30. The van der Waals surface area contributed by atoms with Crippen LogP contribution in [-0.2, 0) is 4.79 Å². The first-order valence-corrected chi connectivity index (χ1v) is 5.30. The van der Waals surface area contributed by atoms with Crippen LogP contribution in [0.5, 0.6) is 0 Å². The van der Waals surface area contributed by atoms with Crippen molar-refractivity contribution in [3.8, 4) is 0 Å². The highest BCUT2D eigenvalue weighted by atomic mass is 35.5. The van der Waals surface area contributed by atoms with Crippen LogP contribution in [0, 0.1) is 13.8 Å². The van der Waals surface area contributed by atoms with E-state index in [0.29, 0.717) is 0 Å². The smallest absolute Gasteiger partial charge is 0.244 e. The van der Waals surface area contributed by atoms with E-state index in [-0.39, 0.29) is 5.91 Å². The summed E-state index contributed by atoms with van der Waals surface area (Å²) in [6, 6.07) is 5.92. The lowest BCUT2D eigenvalue weighted by Crippen LogP contribution is -2.26. The second kappa shape index (κ2) is 4.67. The summed E-state index contributed by atoms with van der Waals surface area (Å²) in [6.45, 7) is 3.95. The quantitative estimate of drug-likeness (QED) is 0.709. The summed E-state index contributed by atoms with van der Waals surface area (Å²) in [5.74, 6) is -0.0749. The van der Waals surface area contributed by atoms with Crippen LogP contribution in [0.3, 0.4) is 0 Å². The van der Waals surface area contributed by atoms with Crippen molar-refractivity contribution >= 4 is 17.5 Å². The maximum Gasteiger partial charge on any atom is 0.244 e. The highest BCUT2D eigenvalue weighted by Gasteiger charge is 2.22. The summed E-state index contributed by atoms with van der Waals surface area (Å²) in [6.07, 6.45) is 0. The van der Waals surface area contributed by atoms with Crippen molar-refractivity contribution in [1.29, 1.82) is 0 Å². The lowest BCUT2D eigenvalue weighted by molar-refractivity contribution is -0.128. The van der Waals surface area contributed by atoms with Crippen molar-refractivity contribution < 1.29 is 4.79 Å². The number of amides is 1. The summed E-state index contributed by atoms with van der Waals surface area (Å²) >= 11 is 6.17. The Morgan fingerprint density at radius 3 is 2.13 bits per heavy atom. The Labute approximate surface area is 95.8 Å². The predicted octanol–water partition coefficient (Wildman–Crippen LogP) is 2.67. The molecule has 0 aliphatic rings. The van der Waals surface area contributed by atoms with Crippen LogP contribution in [0.2, 0.25) is 0 Å². The predicted molar refractivity (Wildman–Crippen MR) is 63.2 cm³/mol. The van der Waals surface area contributed by atoms with Crippen LogP contribution >= 0.6 is 11.6 Å². The van der Waals surface area contributed by atoms with Crippen LogP contribution in [0.4, 0.5) is 0 Å². The molecule has 0 aliphatic heterocycles. The number of halogens is 1. The molecule has 0 fully saturated rings. The molecule has 1 aromatic rings. The van der Waals surface area contributed by atoms with Crippen LogP contribution in [0.1, 0.15) is 22.1 Å². The summed E-state index contributed by atoms with van der Waals surface area (Å²) < 4.78 is 0. The maximum absolute atomic E-state index is 11.7. The molecule has 0 saturated heterocycles. The SMILES string of the molecule is Cc1cccc(C)c1C(Cl)C(=O)N(C)C. The Kier molecular flexibility index (Phi) is 3.75. The number of hydrogen-bond donors (Lipinski definition) is 0. The molecule has 0 radical (unpaired) electrons. The first-order chi connectivity index (χ1) is 6.95. The molecular formula is C12H16ClNO. The standard InChI is InChI=1S/C12H16ClNO/c1-8-6-5-7-9(2)10(8)11(13)12(15)14(3)4/h5-7,11H,1-4H3. The van der Waals surface area contributed by atoms with Gasteiger partial charge in [0.05, 0.1) is 0 Å². The molecule has 15 heavy (non-hydrogen) atoms. The topological polar surface area (TPSA) is 20.3 Å². The number of carbonyl (C=O) groups is 1. The van der Waals surface area contributed by atoms with E-state index in [2.05, 4.69) is 0 Å². The molecule has 82 valence electrons. The lowest BCUT2D eigenvalue weighted by Gasteiger charge is -2.18. The molecule has 0 saturated carbocycles. The van der Waals surface area contributed by atoms with Crippen molar-refractivity contribution in [2.45, 2.75) is 19.2 Å². The van der Waals surface area contributed by atoms with E-state index in [0.717, 1.165) is 16.7 Å². The van der Waals surface area contributed by atoms with E-state index < -0.39 is 5.38 Å². The van der Waals surface area contributed by atoms with Gasteiger partial charge in [0.2, 0.25) is 5.91 Å². The van der Waals surface area contributed by atoms with E-state index in [1.54, 1.807) is 14.1 Å². The number of carbonyl (C=O) groups excluding carboxylic acids is 1. The Morgan fingerprint density at radius 1 is 1.27 bits per heavy atom. The Bertz CT molecular complexity index is 354. The van der Waals surface area contributed by atoms with Crippen LogP contribution in [0.15, 0.2) is 18.2 Å². The lowest BCUT2D eigenvalue weighted by atomic mass is 9.99. The van der Waals surface area contributed by atoms with Crippen molar-refractivity contribution in [1.82, 2.24) is 4.90 Å². The molecule has 0 spiro atoms. The zero-order chi connectivity index (χ0) is 11.6. The van der Waals surface area contributed by atoms with Gasteiger partial charge in [-0.2, -0.15) is 0 Å². The van der Waals surface area contributed by atoms with Gasteiger partial charge in [0.25, 0.3) is 0 Å². The largest absolute Gasteiger partial charge is 0.347 e. The average molecular weight is 226 g/mol. The number of benzene rings is 1. The zero-order valence-electron chi connectivity index (χ0n) is 9.54. The molecule has 2 nitrogen and oxygen atoms in total. The molecule has 1 rings (SSSR count). The molecule has 0 N–H and O–H groups in total. The van der Waals surface area contributed by atoms with Crippen molar-refractivity contribution in [3.63, 3.8) is 0 Å². The second-order valence-corrected chi connectivity index (χ2v) is 4.34. The summed E-state index contributed by atoms with van der Waals surface area (Å²) in [5, 5.41) is -0.582. The third-order valence-corrected chi connectivity index (χ3v) is 2.86. The normalized spacial score (nSPS) is 12.3. The van der Waals surface area contributed by atoms with Crippen molar-refractivity contribution in [2.75, 3.05) is 14.1 Å². The van der Waals surface area contributed by atoms with Gasteiger partial charge in [0.15, 0.2) is 0 Å². The second-order valence-electron chi connectivity index (χ2n) is 3.90. The zero-order valence-corrected chi connectivity index (χ0v) is 10.3. The molecule has 0 aromatic heterocycles. The fourth-order valence-electron chi connectivity index (χ4n) is 1.58. The first-order valence-electron chi connectivity index (χ1n) is 4.86. The fraction of sp³-hybridized carbons (Fsp3) is 0.417. The molecule has 0 aliphatic carbocycles. The summed E-state index contributed by atoms with van der Waals surface area (Å²) in [7, 11) is 3.43. The van der Waals surface area contributed by atoms with Gasteiger partial charge in [0.1, 0.15) is 5.38 Å². The van der Waals surface area contributed by atoms with E-state index in [1.165, 1.54) is 4.90 Å².